The fraction of sp³-hybridized carbons (Fsp3) is 0.613. The Kier molecular flexibility index (Phi) is 8.58. The number of ether oxygens (including phenoxy) is 1. The molecule has 2 saturated carbocycles. The number of aliphatic imine (C=N–C) groups is 1. The first kappa shape index (κ1) is 29.4. The van der Waals surface area contributed by atoms with Crippen LogP contribution in [0, 0.1) is 0 Å². The first-order chi connectivity index (χ1) is 20.8. The number of fused-ring (bicyclic) bond motifs is 2. The maximum absolute atomic E-state index is 13.1. The number of benzene rings is 1. The van der Waals surface area contributed by atoms with Gasteiger partial charge in [0, 0.05) is 31.7 Å². The monoisotopic (exact) mass is 591 g/mol. The lowest BCUT2D eigenvalue weighted by atomic mass is 9.87. The summed E-state index contributed by atoms with van der Waals surface area (Å²) in [6, 6.07) is 6.72. The highest BCUT2D eigenvalue weighted by Crippen LogP contribution is 2.43. The smallest absolute Gasteiger partial charge is 0.350 e. The molecule has 12 nitrogen and oxygen atoms in total. The van der Waals surface area contributed by atoms with E-state index in [1.165, 1.54) is 5.56 Å². The van der Waals surface area contributed by atoms with Crippen molar-refractivity contribution in [3.63, 3.8) is 0 Å². The normalized spacial score (nSPS) is 23.0. The van der Waals surface area contributed by atoms with E-state index in [4.69, 9.17) is 21.9 Å². The Balaban J connectivity index is 1.04. The topological polar surface area (TPSA) is 179 Å². The molecule has 0 bridgehead atoms. The highest BCUT2D eigenvalue weighted by molar-refractivity contribution is 5.86. The number of rotatable bonds is 8. The van der Waals surface area contributed by atoms with Crippen molar-refractivity contribution in [2.24, 2.45) is 22.2 Å². The average molecular weight is 592 g/mol. The van der Waals surface area contributed by atoms with Crippen LogP contribution in [0.2, 0.25) is 0 Å². The van der Waals surface area contributed by atoms with Gasteiger partial charge in [0.15, 0.2) is 23.3 Å². The molecule has 1 aromatic carbocycles. The largest absolute Gasteiger partial charge is 0.450 e. The van der Waals surface area contributed by atoms with Gasteiger partial charge in [-0.1, -0.05) is 18.9 Å². The molecule has 3 heterocycles. The second-order valence-electron chi connectivity index (χ2n) is 12.7. The van der Waals surface area contributed by atoms with E-state index in [0.29, 0.717) is 30.1 Å². The van der Waals surface area contributed by atoms with Gasteiger partial charge in [-0.05, 0) is 87.9 Å². The van der Waals surface area contributed by atoms with Crippen molar-refractivity contribution < 1.29 is 9.53 Å². The van der Waals surface area contributed by atoms with Crippen molar-refractivity contribution in [2.75, 3.05) is 31.5 Å². The molecule has 3 fully saturated rings. The first-order valence-electron chi connectivity index (χ1n) is 15.9. The summed E-state index contributed by atoms with van der Waals surface area (Å²) in [4.78, 5) is 36.5. The van der Waals surface area contributed by atoms with E-state index >= 15 is 0 Å². The molecule has 6 rings (SSSR count). The molecule has 1 aromatic heterocycles. The predicted octanol–water partition coefficient (Wildman–Crippen LogP) is 2.81. The summed E-state index contributed by atoms with van der Waals surface area (Å²) in [5.41, 5.74) is 18.3. The second-order valence-corrected chi connectivity index (χ2v) is 12.7. The molecule has 43 heavy (non-hydrogen) atoms. The van der Waals surface area contributed by atoms with Crippen LogP contribution in [-0.4, -0.2) is 64.1 Å². The molecule has 2 aliphatic carbocycles. The Labute approximate surface area is 252 Å². The van der Waals surface area contributed by atoms with E-state index in [2.05, 4.69) is 32.7 Å². The molecule has 232 valence electrons. The fourth-order valence-electron chi connectivity index (χ4n) is 7.21. The quantitative estimate of drug-likeness (QED) is 0.150. The number of hydrogen-bond acceptors (Lipinski definition) is 8. The number of anilines is 2. The van der Waals surface area contributed by atoms with Crippen LogP contribution in [0.3, 0.4) is 0 Å². The summed E-state index contributed by atoms with van der Waals surface area (Å²) in [6.45, 7) is 2.94. The number of nitrogens with one attached hydrogen (secondary N) is 2. The number of likely N-dealkylation sites (tertiary alicyclic amines) is 1. The number of amides is 1. The van der Waals surface area contributed by atoms with E-state index in [-0.39, 0.29) is 23.6 Å². The van der Waals surface area contributed by atoms with Gasteiger partial charge >= 0.3 is 5.69 Å². The first-order valence-corrected chi connectivity index (χ1v) is 15.9. The molecule has 4 aliphatic rings. The summed E-state index contributed by atoms with van der Waals surface area (Å²) in [5, 5.41) is 6.92. The van der Waals surface area contributed by atoms with E-state index in [9.17, 15) is 9.59 Å². The summed E-state index contributed by atoms with van der Waals surface area (Å²) >= 11 is 0. The number of carbonyl (C=O) groups is 1. The zero-order valence-corrected chi connectivity index (χ0v) is 24.9. The molecule has 8 N–H and O–H groups in total. The number of nitrogens with two attached hydrogens (primary N) is 3. The minimum Gasteiger partial charge on any atom is -0.450 e. The lowest BCUT2D eigenvalue weighted by molar-refractivity contribution is -0.137. The van der Waals surface area contributed by atoms with Crippen LogP contribution in [0.15, 0.2) is 34.2 Å². The standard InChI is InChI=1S/C31H45N9O3/c32-29(33)36-15-3-14-35-22-5-7-23(8-6-22)40-19-26-27(38-30(40)42)37-24-18-21(4-9-25(24)43-26)20-10-16-39(17-11-20)28(41)31(34)12-1-2-13-31/h4,9,18-20,22-23,35H,1-3,5-8,10-17,34H2,(H4,32,33,36)(H,37,38,42). The molecule has 0 atom stereocenters. The zero-order chi connectivity index (χ0) is 30.0. The minimum absolute atomic E-state index is 0.0953. The number of carbonyl (C=O) groups excluding carboxylic acids is 1. The third-order valence-electron chi connectivity index (χ3n) is 9.72. The molecule has 1 amide bonds. The maximum atomic E-state index is 13.1. The molecular formula is C31H45N9O3. The van der Waals surface area contributed by atoms with Crippen molar-refractivity contribution in [3.05, 3.63) is 40.4 Å². The average Bonchev–Trinajstić information content (AvgIpc) is 3.47. The van der Waals surface area contributed by atoms with E-state index < -0.39 is 5.54 Å². The number of piperidine rings is 1. The van der Waals surface area contributed by atoms with E-state index in [1.54, 1.807) is 4.57 Å². The predicted molar refractivity (Wildman–Crippen MR) is 167 cm³/mol. The Hall–Kier alpha value is -3.64. The zero-order valence-electron chi connectivity index (χ0n) is 24.9. The Bertz CT molecular complexity index is 1400. The molecule has 2 aliphatic heterocycles. The highest BCUT2D eigenvalue weighted by Gasteiger charge is 2.41. The maximum Gasteiger partial charge on any atom is 0.350 e. The molecule has 2 aromatic rings. The van der Waals surface area contributed by atoms with Crippen LogP contribution in [-0.2, 0) is 4.79 Å². The Morgan fingerprint density at radius 3 is 2.56 bits per heavy atom. The lowest BCUT2D eigenvalue weighted by Gasteiger charge is -2.37. The number of nitrogens with zero attached hydrogens (tertiary/aromatic N) is 4. The molecule has 0 unspecified atom stereocenters. The van der Waals surface area contributed by atoms with Crippen LogP contribution in [0.4, 0.5) is 11.5 Å². The van der Waals surface area contributed by atoms with E-state index in [1.807, 2.05) is 17.2 Å². The van der Waals surface area contributed by atoms with Gasteiger partial charge in [-0.25, -0.2) is 4.79 Å². The SMILES string of the molecule is NC(N)=NCCCNC1CCC(n2cc3c(nc2=O)Nc2cc(C4CCN(C(=O)C5(N)CCCC5)CC4)ccc2O3)CC1. The van der Waals surface area contributed by atoms with Crippen molar-refractivity contribution >= 4 is 23.4 Å². The van der Waals surface area contributed by atoms with Crippen LogP contribution in [0.5, 0.6) is 11.5 Å². The summed E-state index contributed by atoms with van der Waals surface area (Å²) in [5.74, 6) is 2.33. The van der Waals surface area contributed by atoms with Gasteiger partial charge in [0.2, 0.25) is 5.91 Å². The van der Waals surface area contributed by atoms with E-state index in [0.717, 1.165) is 102 Å². The van der Waals surface area contributed by atoms with Crippen molar-refractivity contribution in [1.82, 2.24) is 19.8 Å². The van der Waals surface area contributed by atoms with Crippen LogP contribution in [0.1, 0.15) is 88.2 Å². The fourth-order valence-corrected chi connectivity index (χ4v) is 7.21. The Morgan fingerprint density at radius 1 is 1.09 bits per heavy atom. The second kappa shape index (κ2) is 12.5. The van der Waals surface area contributed by atoms with Crippen molar-refractivity contribution in [2.45, 2.75) is 94.2 Å². The van der Waals surface area contributed by atoms with Crippen LogP contribution < -0.4 is 38.3 Å². The summed E-state index contributed by atoms with van der Waals surface area (Å²) in [6.07, 6.45) is 11.9. The molecule has 0 radical (unpaired) electrons. The van der Waals surface area contributed by atoms with Gasteiger partial charge in [-0.2, -0.15) is 4.98 Å². The number of aromatic nitrogens is 2. The van der Waals surface area contributed by atoms with Gasteiger partial charge in [0.1, 0.15) is 0 Å². The third kappa shape index (κ3) is 6.50. The molecular weight excluding hydrogens is 546 g/mol. The van der Waals surface area contributed by atoms with Crippen LogP contribution in [0.25, 0.3) is 0 Å². The van der Waals surface area contributed by atoms with Gasteiger partial charge < -0.3 is 37.5 Å². The molecule has 1 saturated heterocycles. The minimum atomic E-state index is -0.660. The summed E-state index contributed by atoms with van der Waals surface area (Å²) < 4.78 is 7.98. The molecule has 12 heteroatoms. The van der Waals surface area contributed by atoms with Crippen molar-refractivity contribution in [3.8, 4) is 11.5 Å². The lowest BCUT2D eigenvalue weighted by Crippen LogP contribution is -2.55. The van der Waals surface area contributed by atoms with Gasteiger partial charge in [-0.3, -0.25) is 14.4 Å². The number of hydrogen-bond donors (Lipinski definition) is 5. The van der Waals surface area contributed by atoms with Gasteiger partial charge in [-0.15, -0.1) is 0 Å². The van der Waals surface area contributed by atoms with Gasteiger partial charge in [0.05, 0.1) is 17.4 Å². The van der Waals surface area contributed by atoms with Gasteiger partial charge in [0.25, 0.3) is 0 Å². The summed E-state index contributed by atoms with van der Waals surface area (Å²) in [7, 11) is 0. The van der Waals surface area contributed by atoms with Crippen LogP contribution >= 0.6 is 0 Å². The van der Waals surface area contributed by atoms with Crippen molar-refractivity contribution in [1.29, 1.82) is 0 Å². The Morgan fingerprint density at radius 2 is 1.84 bits per heavy atom. The molecule has 0 spiro atoms. The number of guanidine groups is 1. The third-order valence-corrected chi connectivity index (χ3v) is 9.72. The highest BCUT2D eigenvalue weighted by atomic mass is 16.5.